The average Bonchev–Trinajstić information content (AvgIpc) is 2.18. The Morgan fingerprint density at radius 1 is 1.47 bits per heavy atom. The lowest BCUT2D eigenvalue weighted by Gasteiger charge is -2.17. The van der Waals surface area contributed by atoms with Crippen molar-refractivity contribution in [2.75, 3.05) is 27.3 Å². The summed E-state index contributed by atoms with van der Waals surface area (Å²) in [5.41, 5.74) is 1.03. The molecule has 0 saturated heterocycles. The molecule has 1 N–H and O–H groups in total. The van der Waals surface area contributed by atoms with Crippen LogP contribution in [0.5, 0.6) is 5.75 Å². The summed E-state index contributed by atoms with van der Waals surface area (Å²) in [6, 6.07) is 5.54. The quantitative estimate of drug-likeness (QED) is 0.836. The molecular weight excluding hydrogens is 214 g/mol. The molecule has 0 amide bonds. The van der Waals surface area contributed by atoms with Crippen LogP contribution in [0.3, 0.4) is 0 Å². The minimum Gasteiger partial charge on any atom is -0.496 e. The molecule has 0 atom stereocenters. The molecule has 0 aliphatic rings. The van der Waals surface area contributed by atoms with Gasteiger partial charge in [-0.05, 0) is 25.2 Å². The third kappa shape index (κ3) is 3.70. The van der Waals surface area contributed by atoms with Gasteiger partial charge in [-0.1, -0.05) is 11.6 Å². The zero-order valence-corrected chi connectivity index (χ0v) is 9.79. The van der Waals surface area contributed by atoms with E-state index in [0.29, 0.717) is 18.1 Å². The van der Waals surface area contributed by atoms with Gasteiger partial charge in [0.15, 0.2) is 0 Å². The second kappa shape index (κ2) is 5.95. The number of likely N-dealkylation sites (N-methyl/N-ethyl adjacent to an activating group) is 1. The summed E-state index contributed by atoms with van der Waals surface area (Å²) in [6.45, 7) is 1.50. The third-order valence-corrected chi connectivity index (χ3v) is 2.40. The van der Waals surface area contributed by atoms with E-state index in [1.54, 1.807) is 13.2 Å². The maximum atomic E-state index is 8.80. The fraction of sp³-hybridized carbons (Fsp3) is 0.455. The number of aliphatic hydroxyl groups excluding tert-OH is 1. The average molecular weight is 230 g/mol. The number of hydrogen-bond acceptors (Lipinski definition) is 3. The number of methoxy groups -OCH3 is 1. The molecule has 0 aliphatic carbocycles. The molecule has 1 aromatic rings. The first-order valence-electron chi connectivity index (χ1n) is 4.79. The third-order valence-electron chi connectivity index (χ3n) is 2.16. The van der Waals surface area contributed by atoms with Crippen molar-refractivity contribution >= 4 is 11.6 Å². The number of nitrogens with zero attached hydrogens (tertiary/aromatic N) is 1. The molecule has 15 heavy (non-hydrogen) atoms. The molecule has 0 heterocycles. The van der Waals surface area contributed by atoms with Crippen molar-refractivity contribution in [2.24, 2.45) is 0 Å². The van der Waals surface area contributed by atoms with Crippen LogP contribution in [0, 0.1) is 0 Å². The van der Waals surface area contributed by atoms with Crippen molar-refractivity contribution < 1.29 is 9.84 Å². The van der Waals surface area contributed by atoms with Gasteiger partial charge in [-0.2, -0.15) is 0 Å². The molecular formula is C11H16ClNO2. The molecule has 0 bridgehead atoms. The number of halogens is 1. The van der Waals surface area contributed by atoms with Crippen LogP contribution in [0.25, 0.3) is 0 Å². The highest BCUT2D eigenvalue weighted by molar-refractivity contribution is 6.30. The Balaban J connectivity index is 2.77. The highest BCUT2D eigenvalue weighted by atomic mass is 35.5. The van der Waals surface area contributed by atoms with E-state index in [4.69, 9.17) is 21.4 Å². The lowest BCUT2D eigenvalue weighted by atomic mass is 10.2. The molecule has 0 aliphatic heterocycles. The van der Waals surface area contributed by atoms with Crippen LogP contribution in [-0.2, 0) is 6.54 Å². The topological polar surface area (TPSA) is 32.7 Å². The predicted molar refractivity (Wildman–Crippen MR) is 61.4 cm³/mol. The van der Waals surface area contributed by atoms with Gasteiger partial charge in [0.05, 0.1) is 13.7 Å². The van der Waals surface area contributed by atoms with Gasteiger partial charge in [0, 0.05) is 23.7 Å². The number of aliphatic hydroxyl groups is 1. The summed E-state index contributed by atoms with van der Waals surface area (Å²) in [5.74, 6) is 0.823. The van der Waals surface area contributed by atoms with Gasteiger partial charge in [-0.15, -0.1) is 0 Å². The molecule has 1 aromatic carbocycles. The standard InChI is InChI=1S/C11H16ClNO2/c1-13(5-6-14)8-9-7-10(12)3-4-11(9)15-2/h3-4,7,14H,5-6,8H2,1-2H3. The molecule has 0 fully saturated rings. The van der Waals surface area contributed by atoms with E-state index in [-0.39, 0.29) is 6.61 Å². The minimum absolute atomic E-state index is 0.152. The van der Waals surface area contributed by atoms with Crippen molar-refractivity contribution in [3.05, 3.63) is 28.8 Å². The summed E-state index contributed by atoms with van der Waals surface area (Å²) in [7, 11) is 3.58. The van der Waals surface area contributed by atoms with Crippen molar-refractivity contribution in [1.82, 2.24) is 4.90 Å². The van der Waals surface area contributed by atoms with Gasteiger partial charge < -0.3 is 9.84 Å². The summed E-state index contributed by atoms with van der Waals surface area (Å²) < 4.78 is 5.23. The maximum Gasteiger partial charge on any atom is 0.123 e. The van der Waals surface area contributed by atoms with Crippen molar-refractivity contribution in [2.45, 2.75) is 6.54 Å². The first-order chi connectivity index (χ1) is 7.17. The van der Waals surface area contributed by atoms with E-state index in [9.17, 15) is 0 Å². The molecule has 3 nitrogen and oxygen atoms in total. The second-order valence-corrected chi connectivity index (χ2v) is 3.85. The van der Waals surface area contributed by atoms with Crippen molar-refractivity contribution in [1.29, 1.82) is 0 Å². The van der Waals surface area contributed by atoms with Gasteiger partial charge in [0.25, 0.3) is 0 Å². The molecule has 4 heteroatoms. The highest BCUT2D eigenvalue weighted by Crippen LogP contribution is 2.23. The van der Waals surface area contributed by atoms with Crippen molar-refractivity contribution in [3.8, 4) is 5.75 Å². The molecule has 0 unspecified atom stereocenters. The second-order valence-electron chi connectivity index (χ2n) is 3.42. The monoisotopic (exact) mass is 229 g/mol. The smallest absolute Gasteiger partial charge is 0.123 e. The summed E-state index contributed by atoms with van der Waals surface area (Å²) >= 11 is 5.91. The van der Waals surface area contributed by atoms with Gasteiger partial charge in [0.1, 0.15) is 5.75 Å². The fourth-order valence-electron chi connectivity index (χ4n) is 1.41. The minimum atomic E-state index is 0.152. The molecule has 0 saturated carbocycles. The molecule has 0 aromatic heterocycles. The van der Waals surface area contributed by atoms with E-state index in [1.807, 2.05) is 24.1 Å². The Labute approximate surface area is 95.2 Å². The van der Waals surface area contributed by atoms with Gasteiger partial charge in [-0.3, -0.25) is 4.90 Å². The zero-order chi connectivity index (χ0) is 11.3. The normalized spacial score (nSPS) is 10.7. The first kappa shape index (κ1) is 12.3. The largest absolute Gasteiger partial charge is 0.496 e. The Bertz CT molecular complexity index is 317. The van der Waals surface area contributed by atoms with Crippen LogP contribution in [0.2, 0.25) is 5.02 Å². The Morgan fingerprint density at radius 3 is 2.80 bits per heavy atom. The SMILES string of the molecule is COc1ccc(Cl)cc1CN(C)CCO. The molecule has 0 radical (unpaired) electrons. The van der Waals surface area contributed by atoms with E-state index in [1.165, 1.54) is 0 Å². The first-order valence-corrected chi connectivity index (χ1v) is 5.17. The summed E-state index contributed by atoms with van der Waals surface area (Å²) in [6.07, 6.45) is 0. The Hall–Kier alpha value is -0.770. The zero-order valence-electron chi connectivity index (χ0n) is 9.03. The van der Waals surface area contributed by atoms with Crippen LogP contribution < -0.4 is 4.74 Å². The van der Waals surface area contributed by atoms with Crippen LogP contribution in [0.15, 0.2) is 18.2 Å². The molecule has 0 spiro atoms. The van der Waals surface area contributed by atoms with E-state index in [0.717, 1.165) is 11.3 Å². The van der Waals surface area contributed by atoms with Gasteiger partial charge in [-0.25, -0.2) is 0 Å². The maximum absolute atomic E-state index is 8.80. The molecule has 1 rings (SSSR count). The summed E-state index contributed by atoms with van der Waals surface area (Å²) in [5, 5.41) is 9.49. The number of ether oxygens (including phenoxy) is 1. The highest BCUT2D eigenvalue weighted by Gasteiger charge is 2.06. The lowest BCUT2D eigenvalue weighted by molar-refractivity contribution is 0.216. The number of benzene rings is 1. The predicted octanol–water partition coefficient (Wildman–Crippen LogP) is 1.77. The fourth-order valence-corrected chi connectivity index (χ4v) is 1.61. The summed E-state index contributed by atoms with van der Waals surface area (Å²) in [4.78, 5) is 2.01. The van der Waals surface area contributed by atoms with Crippen LogP contribution >= 0.6 is 11.6 Å². The van der Waals surface area contributed by atoms with Crippen LogP contribution in [0.1, 0.15) is 5.56 Å². The van der Waals surface area contributed by atoms with Gasteiger partial charge >= 0.3 is 0 Å². The van der Waals surface area contributed by atoms with Crippen molar-refractivity contribution in [3.63, 3.8) is 0 Å². The molecule has 84 valence electrons. The van der Waals surface area contributed by atoms with Crippen LogP contribution in [0.4, 0.5) is 0 Å². The van der Waals surface area contributed by atoms with E-state index >= 15 is 0 Å². The lowest BCUT2D eigenvalue weighted by Crippen LogP contribution is -2.21. The Morgan fingerprint density at radius 2 is 2.20 bits per heavy atom. The van der Waals surface area contributed by atoms with E-state index < -0.39 is 0 Å². The van der Waals surface area contributed by atoms with E-state index in [2.05, 4.69) is 0 Å². The number of rotatable bonds is 5. The number of hydrogen-bond donors (Lipinski definition) is 1. The Kier molecular flexibility index (Phi) is 4.88. The van der Waals surface area contributed by atoms with Gasteiger partial charge in [0.2, 0.25) is 0 Å². The van der Waals surface area contributed by atoms with Crippen LogP contribution in [-0.4, -0.2) is 37.3 Å².